The number of hydrogen-bond donors (Lipinski definition) is 0. The Labute approximate surface area is 455 Å². The quantitative estimate of drug-likeness (QED) is 0.0261. The molecule has 0 radical (unpaired) electrons. The molecule has 428 valence electrons. The van der Waals surface area contributed by atoms with Crippen LogP contribution in [0.2, 0.25) is 0 Å². The lowest BCUT2D eigenvalue weighted by Crippen LogP contribution is -2.30. The number of esters is 3. The first kappa shape index (κ1) is 70.6. The van der Waals surface area contributed by atoms with Gasteiger partial charge in [0.2, 0.25) is 0 Å². The minimum atomic E-state index is -0.773. The lowest BCUT2D eigenvalue weighted by atomic mass is 10.0. The SMILES string of the molecule is CCCCCC/C=C\CCCCCCCC(=O)OCC(COC(=O)CCCCCCCCCCCCCCC/C=C\C/C=C\CCCCCCC)OC(=O)CCCCCCCCCCCCCCCCCCC. The van der Waals surface area contributed by atoms with Gasteiger partial charge in [-0.3, -0.25) is 14.4 Å². The fourth-order valence-corrected chi connectivity index (χ4v) is 9.71. The van der Waals surface area contributed by atoms with Crippen LogP contribution in [0.1, 0.15) is 355 Å². The van der Waals surface area contributed by atoms with Crippen LogP contribution in [0.25, 0.3) is 0 Å². The largest absolute Gasteiger partial charge is 0.462 e. The number of carbonyl (C=O) groups excluding carboxylic acids is 3. The highest BCUT2D eigenvalue weighted by molar-refractivity contribution is 5.71. The molecule has 0 aromatic rings. The van der Waals surface area contributed by atoms with Gasteiger partial charge in [0, 0.05) is 19.3 Å². The molecular weight excluding hydrogens is 901 g/mol. The monoisotopic (exact) mass is 1020 g/mol. The molecule has 0 N–H and O–H groups in total. The van der Waals surface area contributed by atoms with Gasteiger partial charge in [-0.05, 0) is 77.0 Å². The molecule has 0 saturated heterocycles. The van der Waals surface area contributed by atoms with E-state index in [1.165, 1.54) is 244 Å². The van der Waals surface area contributed by atoms with Gasteiger partial charge in [0.1, 0.15) is 13.2 Å². The topological polar surface area (TPSA) is 78.9 Å². The number of ether oxygens (including phenoxy) is 3. The van der Waals surface area contributed by atoms with Crippen LogP contribution >= 0.6 is 0 Å². The molecule has 73 heavy (non-hydrogen) atoms. The first-order chi connectivity index (χ1) is 36.0. The predicted molar refractivity (Wildman–Crippen MR) is 316 cm³/mol. The molecule has 0 fully saturated rings. The lowest BCUT2D eigenvalue weighted by Gasteiger charge is -2.18. The average Bonchev–Trinajstić information content (AvgIpc) is 3.39. The van der Waals surface area contributed by atoms with Crippen LogP contribution in [-0.4, -0.2) is 37.2 Å². The van der Waals surface area contributed by atoms with Gasteiger partial charge in [0.15, 0.2) is 6.10 Å². The van der Waals surface area contributed by atoms with Crippen LogP contribution in [0.4, 0.5) is 0 Å². The van der Waals surface area contributed by atoms with Gasteiger partial charge < -0.3 is 14.2 Å². The molecule has 0 aromatic carbocycles. The predicted octanol–water partition coefficient (Wildman–Crippen LogP) is 22.0. The summed E-state index contributed by atoms with van der Waals surface area (Å²) in [6, 6.07) is 0. The number of hydrogen-bond acceptors (Lipinski definition) is 6. The third kappa shape index (κ3) is 60.4. The second kappa shape index (κ2) is 62.2. The summed E-state index contributed by atoms with van der Waals surface area (Å²) in [6.45, 7) is 6.67. The number of unbranched alkanes of at least 4 members (excludes halogenated alkanes) is 43. The minimum Gasteiger partial charge on any atom is -0.462 e. The molecule has 1 unspecified atom stereocenters. The summed E-state index contributed by atoms with van der Waals surface area (Å²) in [5.41, 5.74) is 0. The van der Waals surface area contributed by atoms with E-state index < -0.39 is 6.10 Å². The van der Waals surface area contributed by atoms with E-state index in [0.717, 1.165) is 70.6 Å². The van der Waals surface area contributed by atoms with E-state index in [4.69, 9.17) is 14.2 Å². The molecule has 0 aliphatic rings. The molecule has 6 nitrogen and oxygen atoms in total. The zero-order valence-corrected chi connectivity index (χ0v) is 49.2. The molecular formula is C67H124O6. The van der Waals surface area contributed by atoms with Gasteiger partial charge in [-0.25, -0.2) is 0 Å². The van der Waals surface area contributed by atoms with Crippen molar-refractivity contribution in [1.29, 1.82) is 0 Å². The number of carbonyl (C=O) groups is 3. The van der Waals surface area contributed by atoms with Crippen molar-refractivity contribution in [3.63, 3.8) is 0 Å². The summed E-state index contributed by atoms with van der Waals surface area (Å²) in [6.07, 6.45) is 75.8. The summed E-state index contributed by atoms with van der Waals surface area (Å²) in [4.78, 5) is 38.3. The van der Waals surface area contributed by atoms with E-state index in [-0.39, 0.29) is 31.1 Å². The second-order valence-electron chi connectivity index (χ2n) is 22.0. The molecule has 0 amide bonds. The Kier molecular flexibility index (Phi) is 60.2. The smallest absolute Gasteiger partial charge is 0.306 e. The van der Waals surface area contributed by atoms with Crippen LogP contribution in [0.5, 0.6) is 0 Å². The van der Waals surface area contributed by atoms with Crippen LogP contribution in [-0.2, 0) is 28.6 Å². The lowest BCUT2D eigenvalue weighted by molar-refractivity contribution is -0.167. The minimum absolute atomic E-state index is 0.0706. The standard InChI is InChI=1S/C67H124O6/c1-4-7-10-13-16-19-22-25-27-29-30-31-32-33-34-35-36-38-39-42-45-48-51-54-57-60-66(69)72-63-64(62-71-65(68)59-56-53-50-47-44-41-24-21-18-15-12-9-6-3)73-67(70)61-58-55-52-49-46-43-40-37-28-26-23-20-17-14-11-8-5-2/h21-22,24-25,29-30,64H,4-20,23,26-28,31-63H2,1-3H3/b24-21-,25-22-,30-29-. The van der Waals surface area contributed by atoms with E-state index in [1.807, 2.05) is 0 Å². The summed E-state index contributed by atoms with van der Waals surface area (Å²) in [5, 5.41) is 0. The summed E-state index contributed by atoms with van der Waals surface area (Å²) in [7, 11) is 0. The highest BCUT2D eigenvalue weighted by Gasteiger charge is 2.19. The maximum Gasteiger partial charge on any atom is 0.306 e. The van der Waals surface area contributed by atoms with E-state index in [1.54, 1.807) is 0 Å². The fraction of sp³-hybridized carbons (Fsp3) is 0.866. The molecule has 0 bridgehead atoms. The Bertz CT molecular complexity index is 1220. The summed E-state index contributed by atoms with van der Waals surface area (Å²) in [5.74, 6) is -0.856. The van der Waals surface area contributed by atoms with Gasteiger partial charge in [0.05, 0.1) is 0 Å². The van der Waals surface area contributed by atoms with Gasteiger partial charge in [-0.2, -0.15) is 0 Å². The Balaban J connectivity index is 4.24. The average molecular weight is 1030 g/mol. The van der Waals surface area contributed by atoms with Crippen LogP contribution in [0, 0.1) is 0 Å². The zero-order chi connectivity index (χ0) is 52.9. The third-order valence-electron chi connectivity index (χ3n) is 14.6. The molecule has 0 rings (SSSR count). The van der Waals surface area contributed by atoms with E-state index in [0.29, 0.717) is 19.3 Å². The summed E-state index contributed by atoms with van der Waals surface area (Å²) < 4.78 is 16.9. The van der Waals surface area contributed by atoms with Crippen LogP contribution in [0.3, 0.4) is 0 Å². The molecule has 0 aliphatic heterocycles. The maximum atomic E-state index is 12.9. The Morgan fingerprint density at radius 2 is 0.493 bits per heavy atom. The highest BCUT2D eigenvalue weighted by atomic mass is 16.6. The first-order valence-electron chi connectivity index (χ1n) is 32.5. The van der Waals surface area contributed by atoms with Crippen molar-refractivity contribution in [3.05, 3.63) is 36.5 Å². The van der Waals surface area contributed by atoms with Gasteiger partial charge in [-0.1, -0.05) is 295 Å². The van der Waals surface area contributed by atoms with Gasteiger partial charge >= 0.3 is 17.9 Å². The van der Waals surface area contributed by atoms with Crippen molar-refractivity contribution in [1.82, 2.24) is 0 Å². The van der Waals surface area contributed by atoms with Gasteiger partial charge in [0.25, 0.3) is 0 Å². The molecule has 0 spiro atoms. The highest BCUT2D eigenvalue weighted by Crippen LogP contribution is 2.17. The fourth-order valence-electron chi connectivity index (χ4n) is 9.71. The van der Waals surface area contributed by atoms with Crippen molar-refractivity contribution in [2.45, 2.75) is 361 Å². The normalized spacial score (nSPS) is 12.2. The Morgan fingerprint density at radius 1 is 0.274 bits per heavy atom. The van der Waals surface area contributed by atoms with E-state index >= 15 is 0 Å². The second-order valence-corrected chi connectivity index (χ2v) is 22.0. The molecule has 0 heterocycles. The zero-order valence-electron chi connectivity index (χ0n) is 49.2. The number of allylic oxidation sites excluding steroid dienone is 6. The Morgan fingerprint density at radius 3 is 0.781 bits per heavy atom. The maximum absolute atomic E-state index is 12.9. The molecule has 0 aromatic heterocycles. The van der Waals surface area contributed by atoms with E-state index in [2.05, 4.69) is 57.2 Å². The van der Waals surface area contributed by atoms with Crippen molar-refractivity contribution >= 4 is 17.9 Å². The van der Waals surface area contributed by atoms with Crippen LogP contribution in [0.15, 0.2) is 36.5 Å². The van der Waals surface area contributed by atoms with Crippen molar-refractivity contribution < 1.29 is 28.6 Å². The number of rotatable bonds is 60. The third-order valence-corrected chi connectivity index (χ3v) is 14.6. The van der Waals surface area contributed by atoms with Crippen LogP contribution < -0.4 is 0 Å². The molecule has 0 saturated carbocycles. The van der Waals surface area contributed by atoms with Crippen molar-refractivity contribution in [2.75, 3.05) is 13.2 Å². The van der Waals surface area contributed by atoms with Crippen molar-refractivity contribution in [3.8, 4) is 0 Å². The van der Waals surface area contributed by atoms with Crippen molar-refractivity contribution in [2.24, 2.45) is 0 Å². The molecule has 0 aliphatic carbocycles. The Hall–Kier alpha value is -2.37. The summed E-state index contributed by atoms with van der Waals surface area (Å²) >= 11 is 0. The van der Waals surface area contributed by atoms with E-state index in [9.17, 15) is 14.4 Å². The molecule has 6 heteroatoms. The first-order valence-corrected chi connectivity index (χ1v) is 32.5. The van der Waals surface area contributed by atoms with Gasteiger partial charge in [-0.15, -0.1) is 0 Å². The molecule has 1 atom stereocenters.